The van der Waals surface area contributed by atoms with E-state index in [4.69, 9.17) is 0 Å². The molecule has 1 fully saturated rings. The molecule has 1 heterocycles. The van der Waals surface area contributed by atoms with Crippen molar-refractivity contribution in [3.63, 3.8) is 0 Å². The summed E-state index contributed by atoms with van der Waals surface area (Å²) < 4.78 is 0.798. The van der Waals surface area contributed by atoms with Crippen LogP contribution in [0.25, 0.3) is 0 Å². The first kappa shape index (κ1) is 10.7. The lowest BCUT2D eigenvalue weighted by Gasteiger charge is -2.14. The number of nitrogens with one attached hydrogen (secondary N) is 2. The zero-order valence-electron chi connectivity index (χ0n) is 7.77. The molecule has 74 valence electrons. The molecule has 0 saturated carbocycles. The van der Waals surface area contributed by atoms with Gasteiger partial charge in [-0.3, -0.25) is 4.79 Å². The van der Waals surface area contributed by atoms with Crippen LogP contribution in [0.5, 0.6) is 0 Å². The maximum atomic E-state index is 11.5. The number of carbonyl (C=O) groups excluding carboxylic acids is 1. The first-order chi connectivity index (χ1) is 6.11. The first-order valence-electron chi connectivity index (χ1n) is 4.45. The lowest BCUT2D eigenvalue weighted by Crippen LogP contribution is -2.43. The van der Waals surface area contributed by atoms with E-state index in [1.807, 2.05) is 0 Å². The van der Waals surface area contributed by atoms with Gasteiger partial charge in [0.1, 0.15) is 0 Å². The second-order valence-electron chi connectivity index (χ2n) is 3.43. The number of hydrogen-bond acceptors (Lipinski definition) is 2. The molecule has 0 spiro atoms. The van der Waals surface area contributed by atoms with Gasteiger partial charge in [-0.15, -0.1) is 0 Å². The lowest BCUT2D eigenvalue weighted by atomic mass is 10.0. The van der Waals surface area contributed by atoms with Crippen LogP contribution in [0.3, 0.4) is 0 Å². The predicted octanol–water partition coefficient (Wildman–Crippen LogP) is 1.01. The summed E-state index contributed by atoms with van der Waals surface area (Å²) >= 11 is 3.20. The van der Waals surface area contributed by atoms with Gasteiger partial charge in [-0.2, -0.15) is 0 Å². The summed E-state index contributed by atoms with van der Waals surface area (Å²) in [6.07, 6.45) is 1.08. The van der Waals surface area contributed by atoms with Gasteiger partial charge in [-0.1, -0.05) is 29.4 Å². The third-order valence-corrected chi connectivity index (χ3v) is 2.55. The molecule has 1 aliphatic rings. The van der Waals surface area contributed by atoms with Gasteiger partial charge in [0.25, 0.3) is 0 Å². The zero-order chi connectivity index (χ0) is 9.84. The van der Waals surface area contributed by atoms with E-state index in [9.17, 15) is 4.79 Å². The Bertz CT molecular complexity index is 218. The number of rotatable bonds is 3. The van der Waals surface area contributed by atoms with Gasteiger partial charge in [0.2, 0.25) is 5.91 Å². The van der Waals surface area contributed by atoms with Crippen LogP contribution in [-0.4, -0.2) is 25.0 Å². The highest BCUT2D eigenvalue weighted by Crippen LogP contribution is 2.14. The van der Waals surface area contributed by atoms with Gasteiger partial charge in [0.05, 0.1) is 6.04 Å². The van der Waals surface area contributed by atoms with Crippen LogP contribution in [0.1, 0.15) is 13.3 Å². The summed E-state index contributed by atoms with van der Waals surface area (Å²) in [4.78, 5) is 11.5. The van der Waals surface area contributed by atoms with Crippen molar-refractivity contribution < 1.29 is 4.79 Å². The third kappa shape index (κ3) is 3.12. The fraction of sp³-hybridized carbons (Fsp3) is 0.667. The summed E-state index contributed by atoms with van der Waals surface area (Å²) in [6.45, 7) is 7.19. The Morgan fingerprint density at radius 3 is 2.92 bits per heavy atom. The second kappa shape index (κ2) is 4.77. The highest BCUT2D eigenvalue weighted by Gasteiger charge is 2.28. The maximum absolute atomic E-state index is 11.5. The first-order valence-corrected chi connectivity index (χ1v) is 5.25. The Morgan fingerprint density at radius 2 is 2.46 bits per heavy atom. The van der Waals surface area contributed by atoms with E-state index in [2.05, 4.69) is 40.1 Å². The molecule has 0 bridgehead atoms. The van der Waals surface area contributed by atoms with E-state index < -0.39 is 0 Å². The predicted molar refractivity (Wildman–Crippen MR) is 56.6 cm³/mol. The standard InChI is InChI=1S/C9H15BrN2O/c1-6-3-4-11-8(6)9(13)12-5-7(2)10/h6,8,11H,2-5H2,1H3,(H,12,13). The molecule has 1 saturated heterocycles. The van der Waals surface area contributed by atoms with E-state index in [-0.39, 0.29) is 11.9 Å². The minimum atomic E-state index is -0.0214. The number of amides is 1. The third-order valence-electron chi connectivity index (χ3n) is 2.27. The Kier molecular flexibility index (Phi) is 3.93. The Morgan fingerprint density at radius 1 is 1.77 bits per heavy atom. The van der Waals surface area contributed by atoms with Gasteiger partial charge in [-0.25, -0.2) is 0 Å². The van der Waals surface area contributed by atoms with Crippen molar-refractivity contribution in [3.8, 4) is 0 Å². The maximum Gasteiger partial charge on any atom is 0.237 e. The van der Waals surface area contributed by atoms with E-state index in [0.29, 0.717) is 12.5 Å². The van der Waals surface area contributed by atoms with Crippen LogP contribution in [0.15, 0.2) is 11.1 Å². The van der Waals surface area contributed by atoms with Gasteiger partial charge >= 0.3 is 0 Å². The van der Waals surface area contributed by atoms with E-state index in [1.54, 1.807) is 0 Å². The van der Waals surface area contributed by atoms with Crippen LogP contribution >= 0.6 is 15.9 Å². The molecular weight excluding hydrogens is 232 g/mol. The normalized spacial score (nSPS) is 27.2. The minimum Gasteiger partial charge on any atom is -0.350 e. The van der Waals surface area contributed by atoms with Crippen molar-refractivity contribution in [2.45, 2.75) is 19.4 Å². The fourth-order valence-corrected chi connectivity index (χ4v) is 1.62. The SMILES string of the molecule is C=C(Br)CNC(=O)C1NCCC1C. The summed E-state index contributed by atoms with van der Waals surface area (Å²) in [5.74, 6) is 0.509. The molecular formula is C9H15BrN2O. The molecule has 2 N–H and O–H groups in total. The highest BCUT2D eigenvalue weighted by atomic mass is 79.9. The zero-order valence-corrected chi connectivity index (χ0v) is 9.36. The summed E-state index contributed by atoms with van der Waals surface area (Å²) in [5, 5.41) is 5.98. The molecule has 0 radical (unpaired) electrons. The molecule has 0 aliphatic carbocycles. The van der Waals surface area contributed by atoms with Crippen molar-refractivity contribution in [2.75, 3.05) is 13.1 Å². The summed E-state index contributed by atoms with van der Waals surface area (Å²) in [6, 6.07) is -0.0214. The van der Waals surface area contributed by atoms with Crippen LogP contribution in [-0.2, 0) is 4.79 Å². The van der Waals surface area contributed by atoms with Crippen LogP contribution in [0, 0.1) is 5.92 Å². The smallest absolute Gasteiger partial charge is 0.237 e. The van der Waals surface area contributed by atoms with Gasteiger partial charge < -0.3 is 10.6 Å². The van der Waals surface area contributed by atoms with Gasteiger partial charge in [-0.05, 0) is 18.9 Å². The van der Waals surface area contributed by atoms with Gasteiger partial charge in [0.15, 0.2) is 0 Å². The Hall–Kier alpha value is -0.350. The number of carbonyl (C=O) groups is 1. The molecule has 1 aliphatic heterocycles. The molecule has 4 heteroatoms. The van der Waals surface area contributed by atoms with E-state index in [0.717, 1.165) is 17.4 Å². The number of halogens is 1. The largest absolute Gasteiger partial charge is 0.350 e. The fourth-order valence-electron chi connectivity index (χ4n) is 1.48. The molecule has 1 rings (SSSR count). The summed E-state index contributed by atoms with van der Waals surface area (Å²) in [7, 11) is 0. The van der Waals surface area contributed by atoms with E-state index in [1.165, 1.54) is 0 Å². The average molecular weight is 247 g/mol. The second-order valence-corrected chi connectivity index (χ2v) is 4.55. The molecule has 2 atom stereocenters. The van der Waals surface area contributed by atoms with Gasteiger partial charge in [0, 0.05) is 11.0 Å². The minimum absolute atomic E-state index is 0.0214. The molecule has 2 unspecified atom stereocenters. The molecule has 13 heavy (non-hydrogen) atoms. The van der Waals surface area contributed by atoms with Crippen molar-refractivity contribution in [2.24, 2.45) is 5.92 Å². The lowest BCUT2D eigenvalue weighted by molar-refractivity contribution is -0.123. The highest BCUT2D eigenvalue weighted by molar-refractivity contribution is 9.11. The molecule has 0 aromatic heterocycles. The average Bonchev–Trinajstić information content (AvgIpc) is 2.47. The topological polar surface area (TPSA) is 41.1 Å². The number of hydrogen-bond donors (Lipinski definition) is 2. The summed E-state index contributed by atoms with van der Waals surface area (Å²) in [5.41, 5.74) is 0. The molecule has 0 aromatic rings. The monoisotopic (exact) mass is 246 g/mol. The van der Waals surface area contributed by atoms with Crippen molar-refractivity contribution in [3.05, 3.63) is 11.1 Å². The van der Waals surface area contributed by atoms with Crippen molar-refractivity contribution in [1.82, 2.24) is 10.6 Å². The van der Waals surface area contributed by atoms with Crippen LogP contribution in [0.4, 0.5) is 0 Å². The molecule has 0 aromatic carbocycles. The quantitative estimate of drug-likeness (QED) is 0.781. The van der Waals surface area contributed by atoms with E-state index >= 15 is 0 Å². The Balaban J connectivity index is 2.34. The van der Waals surface area contributed by atoms with Crippen molar-refractivity contribution in [1.29, 1.82) is 0 Å². The van der Waals surface area contributed by atoms with Crippen LogP contribution < -0.4 is 10.6 Å². The van der Waals surface area contributed by atoms with Crippen molar-refractivity contribution >= 4 is 21.8 Å². The molecule has 3 nitrogen and oxygen atoms in total. The molecule has 1 amide bonds. The Labute approximate surface area is 87.1 Å². The van der Waals surface area contributed by atoms with Crippen LogP contribution in [0.2, 0.25) is 0 Å².